The van der Waals surface area contributed by atoms with Crippen molar-refractivity contribution in [1.82, 2.24) is 10.2 Å². The van der Waals surface area contributed by atoms with Crippen LogP contribution in [0, 0.1) is 0 Å². The number of amides is 2. The van der Waals surface area contributed by atoms with Gasteiger partial charge in [-0.2, -0.15) is 0 Å². The normalized spacial score (nSPS) is 20.2. The molecule has 0 aliphatic carbocycles. The molecule has 1 aliphatic rings. The van der Waals surface area contributed by atoms with Gasteiger partial charge in [0.2, 0.25) is 11.8 Å². The van der Waals surface area contributed by atoms with Gasteiger partial charge < -0.3 is 10.2 Å². The van der Waals surface area contributed by atoms with Gasteiger partial charge in [0.25, 0.3) is 0 Å². The third kappa shape index (κ3) is 2.61. The number of nitrogens with one attached hydrogen (secondary N) is 1. The van der Waals surface area contributed by atoms with Crippen LogP contribution in [0.25, 0.3) is 0 Å². The maximum absolute atomic E-state index is 11.6. The van der Waals surface area contributed by atoms with Gasteiger partial charge in [-0.05, 0) is 11.4 Å². The summed E-state index contributed by atoms with van der Waals surface area (Å²) in [6, 6.07) is 3.85. The molecule has 0 aromatic carbocycles. The van der Waals surface area contributed by atoms with E-state index in [4.69, 9.17) is 0 Å². The topological polar surface area (TPSA) is 49.4 Å². The van der Waals surface area contributed by atoms with E-state index in [2.05, 4.69) is 5.32 Å². The molecule has 5 heteroatoms. The summed E-state index contributed by atoms with van der Waals surface area (Å²) in [5.41, 5.74) is 0. The summed E-state index contributed by atoms with van der Waals surface area (Å²) >= 11 is 1.57. The molecule has 0 saturated carbocycles. The molecule has 2 rings (SSSR count). The number of likely N-dealkylation sites (N-methyl/N-ethyl adjacent to an activating group) is 1. The van der Waals surface area contributed by atoms with Crippen molar-refractivity contribution in [3.8, 4) is 0 Å². The first-order valence-electron chi connectivity index (χ1n) is 5.21. The first kappa shape index (κ1) is 11.1. The standard InChI is InChI=1S/C11H14N2O2S/c1-13-7-8(5-11(13)15)12-10(14)6-9-3-2-4-16-9/h2-4,8H,5-7H2,1H3,(H,12,14). The number of hydrogen-bond acceptors (Lipinski definition) is 3. The Bertz CT molecular complexity index is 389. The smallest absolute Gasteiger partial charge is 0.225 e. The first-order chi connectivity index (χ1) is 7.65. The fraction of sp³-hybridized carbons (Fsp3) is 0.455. The Morgan fingerprint density at radius 3 is 3.06 bits per heavy atom. The Kier molecular flexibility index (Phi) is 3.24. The highest BCUT2D eigenvalue weighted by Gasteiger charge is 2.27. The van der Waals surface area contributed by atoms with E-state index in [1.165, 1.54) is 0 Å². The van der Waals surface area contributed by atoms with Crippen molar-refractivity contribution in [2.24, 2.45) is 0 Å². The van der Waals surface area contributed by atoms with Gasteiger partial charge in [0, 0.05) is 24.9 Å². The molecule has 16 heavy (non-hydrogen) atoms. The van der Waals surface area contributed by atoms with Crippen molar-refractivity contribution < 1.29 is 9.59 Å². The molecule has 4 nitrogen and oxygen atoms in total. The molecule has 1 saturated heterocycles. The summed E-state index contributed by atoms with van der Waals surface area (Å²) in [5, 5.41) is 4.84. The molecule has 1 atom stereocenters. The van der Waals surface area contributed by atoms with Crippen LogP contribution in [0.1, 0.15) is 11.3 Å². The Labute approximate surface area is 98.3 Å². The van der Waals surface area contributed by atoms with Gasteiger partial charge in [0.15, 0.2) is 0 Å². The predicted octanol–water partition coefficient (Wildman–Crippen LogP) is 0.637. The zero-order chi connectivity index (χ0) is 11.5. The predicted molar refractivity (Wildman–Crippen MR) is 62.2 cm³/mol. The fourth-order valence-corrected chi connectivity index (χ4v) is 2.51. The van der Waals surface area contributed by atoms with E-state index in [9.17, 15) is 9.59 Å². The molecule has 1 aromatic heterocycles. The largest absolute Gasteiger partial charge is 0.351 e. The third-order valence-electron chi connectivity index (χ3n) is 2.62. The highest BCUT2D eigenvalue weighted by molar-refractivity contribution is 7.10. The van der Waals surface area contributed by atoms with E-state index in [0.717, 1.165) is 4.88 Å². The van der Waals surface area contributed by atoms with Crippen molar-refractivity contribution in [1.29, 1.82) is 0 Å². The van der Waals surface area contributed by atoms with Crippen LogP contribution in [0.15, 0.2) is 17.5 Å². The van der Waals surface area contributed by atoms with Crippen molar-refractivity contribution in [3.05, 3.63) is 22.4 Å². The molecule has 0 spiro atoms. The lowest BCUT2D eigenvalue weighted by Gasteiger charge is -2.11. The minimum absolute atomic E-state index is 0.00412. The van der Waals surface area contributed by atoms with Gasteiger partial charge in [-0.15, -0.1) is 11.3 Å². The van der Waals surface area contributed by atoms with Crippen LogP contribution in [-0.4, -0.2) is 36.3 Å². The summed E-state index contributed by atoms with van der Waals surface area (Å²) < 4.78 is 0. The van der Waals surface area contributed by atoms with Crippen LogP contribution in [0.5, 0.6) is 0 Å². The average molecular weight is 238 g/mol. The summed E-state index contributed by atoms with van der Waals surface area (Å²) in [6.45, 7) is 0.620. The van der Waals surface area contributed by atoms with Gasteiger partial charge in [0.05, 0.1) is 12.5 Å². The number of carbonyl (C=O) groups is 2. The Balaban J connectivity index is 1.82. The van der Waals surface area contributed by atoms with Crippen molar-refractivity contribution in [3.63, 3.8) is 0 Å². The van der Waals surface area contributed by atoms with Gasteiger partial charge >= 0.3 is 0 Å². The van der Waals surface area contributed by atoms with E-state index < -0.39 is 0 Å². The maximum atomic E-state index is 11.6. The molecule has 1 aromatic rings. The van der Waals surface area contributed by atoms with E-state index in [-0.39, 0.29) is 17.9 Å². The van der Waals surface area contributed by atoms with Gasteiger partial charge in [0.1, 0.15) is 0 Å². The lowest BCUT2D eigenvalue weighted by molar-refractivity contribution is -0.126. The second kappa shape index (κ2) is 4.65. The minimum Gasteiger partial charge on any atom is -0.351 e. The van der Waals surface area contributed by atoms with Crippen LogP contribution in [0.2, 0.25) is 0 Å². The van der Waals surface area contributed by atoms with Crippen LogP contribution >= 0.6 is 11.3 Å². The van der Waals surface area contributed by atoms with Crippen molar-refractivity contribution in [2.45, 2.75) is 18.9 Å². The highest BCUT2D eigenvalue weighted by atomic mass is 32.1. The highest BCUT2D eigenvalue weighted by Crippen LogP contribution is 2.11. The lowest BCUT2D eigenvalue weighted by Crippen LogP contribution is -2.37. The quantitative estimate of drug-likeness (QED) is 0.840. The Morgan fingerprint density at radius 1 is 1.69 bits per heavy atom. The fourth-order valence-electron chi connectivity index (χ4n) is 1.81. The van der Waals surface area contributed by atoms with Gasteiger partial charge in [-0.1, -0.05) is 6.07 Å². The molecule has 1 unspecified atom stereocenters. The third-order valence-corrected chi connectivity index (χ3v) is 3.50. The molecule has 0 bridgehead atoms. The maximum Gasteiger partial charge on any atom is 0.225 e. The Morgan fingerprint density at radius 2 is 2.50 bits per heavy atom. The molecular weight excluding hydrogens is 224 g/mol. The van der Waals surface area contributed by atoms with Crippen LogP contribution < -0.4 is 5.32 Å². The molecule has 1 aliphatic heterocycles. The molecule has 0 radical (unpaired) electrons. The zero-order valence-corrected chi connectivity index (χ0v) is 9.92. The van der Waals surface area contributed by atoms with E-state index >= 15 is 0 Å². The minimum atomic E-state index is -0.0232. The molecule has 1 N–H and O–H groups in total. The van der Waals surface area contributed by atoms with Crippen LogP contribution in [-0.2, 0) is 16.0 Å². The molecule has 2 heterocycles. The lowest BCUT2D eigenvalue weighted by atomic mass is 10.2. The van der Waals surface area contributed by atoms with Gasteiger partial charge in [-0.25, -0.2) is 0 Å². The van der Waals surface area contributed by atoms with Gasteiger partial charge in [-0.3, -0.25) is 9.59 Å². The average Bonchev–Trinajstić information content (AvgIpc) is 2.78. The van der Waals surface area contributed by atoms with Crippen LogP contribution in [0.3, 0.4) is 0 Å². The molecule has 2 amide bonds. The summed E-state index contributed by atoms with van der Waals surface area (Å²) in [5.74, 6) is 0.0944. The number of nitrogens with zero attached hydrogens (tertiary/aromatic N) is 1. The van der Waals surface area contributed by atoms with Crippen LogP contribution in [0.4, 0.5) is 0 Å². The molecule has 1 fully saturated rings. The van der Waals surface area contributed by atoms with E-state index in [1.54, 1.807) is 23.3 Å². The summed E-state index contributed by atoms with van der Waals surface area (Å²) in [4.78, 5) is 25.6. The molecule has 86 valence electrons. The van der Waals surface area contributed by atoms with Crippen molar-refractivity contribution in [2.75, 3.05) is 13.6 Å². The second-order valence-electron chi connectivity index (χ2n) is 4.00. The first-order valence-corrected chi connectivity index (χ1v) is 6.09. The zero-order valence-electron chi connectivity index (χ0n) is 9.10. The number of carbonyl (C=O) groups excluding carboxylic acids is 2. The van der Waals surface area contributed by atoms with Crippen molar-refractivity contribution >= 4 is 23.2 Å². The number of thiophene rings is 1. The number of hydrogen-bond donors (Lipinski definition) is 1. The van der Waals surface area contributed by atoms with E-state index in [0.29, 0.717) is 19.4 Å². The Hall–Kier alpha value is -1.36. The second-order valence-corrected chi connectivity index (χ2v) is 5.03. The molecular formula is C11H14N2O2S. The number of likely N-dealkylation sites (tertiary alicyclic amines) is 1. The van der Waals surface area contributed by atoms with E-state index in [1.807, 2.05) is 17.5 Å². The summed E-state index contributed by atoms with van der Waals surface area (Å²) in [6.07, 6.45) is 0.832. The number of rotatable bonds is 3. The monoisotopic (exact) mass is 238 g/mol. The SMILES string of the molecule is CN1CC(NC(=O)Cc2cccs2)CC1=O. The summed E-state index contributed by atoms with van der Waals surface area (Å²) in [7, 11) is 1.76.